The molecule has 2 rings (SSSR count). The minimum Gasteiger partial charge on any atom is -0.383 e. The Morgan fingerprint density at radius 2 is 1.57 bits per heavy atom. The molecule has 2 aromatic rings. The second-order valence-electron chi connectivity index (χ2n) is 5.60. The molecule has 1 heterocycles. The maximum atomic E-state index is 13.3. The van der Waals surface area contributed by atoms with Gasteiger partial charge in [0, 0.05) is 11.0 Å². The van der Waals surface area contributed by atoms with E-state index in [4.69, 9.17) is 5.73 Å². The zero-order valence-electron chi connectivity index (χ0n) is 11.6. The Balaban J connectivity index is 2.68. The first-order chi connectivity index (χ1) is 9.61. The lowest BCUT2D eigenvalue weighted by Crippen LogP contribution is -2.17. The van der Waals surface area contributed by atoms with Crippen molar-refractivity contribution in [2.24, 2.45) is 0 Å². The third-order valence-corrected chi connectivity index (χ3v) is 3.61. The summed E-state index contributed by atoms with van der Waals surface area (Å²) in [4.78, 5) is 8.29. The second-order valence-corrected chi connectivity index (χ2v) is 6.39. The molecule has 1 aromatic heterocycles. The lowest BCUT2D eigenvalue weighted by Gasteiger charge is -2.21. The zero-order chi connectivity index (χ0) is 15.9. The molecule has 0 aliphatic rings. The van der Waals surface area contributed by atoms with E-state index in [1.165, 1.54) is 0 Å². The maximum Gasteiger partial charge on any atom is 0.194 e. The first kappa shape index (κ1) is 15.8. The van der Waals surface area contributed by atoms with Crippen molar-refractivity contribution in [3.63, 3.8) is 0 Å². The van der Waals surface area contributed by atoms with Crippen molar-refractivity contribution in [2.45, 2.75) is 26.2 Å². The van der Waals surface area contributed by atoms with Crippen molar-refractivity contribution < 1.29 is 13.2 Å². The standard InChI is InChI=1S/C14H13BrF3N3/c1-14(2,3)11-9(15)12(19)21-13(20-11)6-4-7(16)10(18)8(17)5-6/h4-5H,1-3H3,(H2,19,20,21). The Hall–Kier alpha value is -1.63. The topological polar surface area (TPSA) is 51.8 Å². The third-order valence-electron chi connectivity index (χ3n) is 2.83. The first-order valence-corrected chi connectivity index (χ1v) is 6.89. The van der Waals surface area contributed by atoms with E-state index in [9.17, 15) is 13.2 Å². The molecule has 7 heteroatoms. The average molecular weight is 360 g/mol. The van der Waals surface area contributed by atoms with E-state index in [2.05, 4.69) is 25.9 Å². The number of hydrogen-bond donors (Lipinski definition) is 1. The first-order valence-electron chi connectivity index (χ1n) is 6.09. The summed E-state index contributed by atoms with van der Waals surface area (Å²) in [6.45, 7) is 5.74. The summed E-state index contributed by atoms with van der Waals surface area (Å²) in [6.07, 6.45) is 0. The molecule has 0 aliphatic carbocycles. The molecule has 0 amide bonds. The number of aromatic nitrogens is 2. The van der Waals surface area contributed by atoms with Gasteiger partial charge in [-0.15, -0.1) is 0 Å². The van der Waals surface area contributed by atoms with Gasteiger partial charge in [0.25, 0.3) is 0 Å². The van der Waals surface area contributed by atoms with Crippen molar-refractivity contribution >= 4 is 21.7 Å². The van der Waals surface area contributed by atoms with Gasteiger partial charge in [0.2, 0.25) is 0 Å². The van der Waals surface area contributed by atoms with Crippen LogP contribution in [0.5, 0.6) is 0 Å². The molecule has 0 aliphatic heterocycles. The Morgan fingerprint density at radius 1 is 1.05 bits per heavy atom. The lowest BCUT2D eigenvalue weighted by molar-refractivity contribution is 0.447. The van der Waals surface area contributed by atoms with Crippen LogP contribution in [0.15, 0.2) is 16.6 Å². The van der Waals surface area contributed by atoms with E-state index >= 15 is 0 Å². The minimum atomic E-state index is -1.53. The van der Waals surface area contributed by atoms with Gasteiger partial charge in [-0.05, 0) is 28.1 Å². The predicted octanol–water partition coefficient (Wildman–Crippen LogP) is 4.20. The fourth-order valence-corrected chi connectivity index (χ4v) is 2.55. The van der Waals surface area contributed by atoms with E-state index in [1.807, 2.05) is 20.8 Å². The summed E-state index contributed by atoms with van der Waals surface area (Å²) >= 11 is 3.31. The van der Waals surface area contributed by atoms with Crippen LogP contribution in [0.25, 0.3) is 11.4 Å². The Labute approximate surface area is 128 Å². The summed E-state index contributed by atoms with van der Waals surface area (Å²) in [5.41, 5.74) is 6.06. The maximum absolute atomic E-state index is 13.3. The van der Waals surface area contributed by atoms with Crippen molar-refractivity contribution in [1.29, 1.82) is 0 Å². The highest BCUT2D eigenvalue weighted by Crippen LogP contribution is 2.33. The smallest absolute Gasteiger partial charge is 0.194 e. The van der Waals surface area contributed by atoms with Crippen LogP contribution in [0, 0.1) is 17.5 Å². The lowest BCUT2D eigenvalue weighted by atomic mass is 9.91. The Kier molecular flexibility index (Phi) is 3.97. The van der Waals surface area contributed by atoms with Gasteiger partial charge in [-0.2, -0.15) is 0 Å². The minimum absolute atomic E-state index is 0.0242. The van der Waals surface area contributed by atoms with Gasteiger partial charge in [0.05, 0.1) is 10.2 Å². The van der Waals surface area contributed by atoms with Crippen LogP contribution in [0.1, 0.15) is 26.5 Å². The molecule has 0 atom stereocenters. The number of nitrogens with two attached hydrogens (primary N) is 1. The van der Waals surface area contributed by atoms with Gasteiger partial charge in [-0.25, -0.2) is 23.1 Å². The molecule has 1 aromatic carbocycles. The molecule has 0 saturated carbocycles. The summed E-state index contributed by atoms with van der Waals surface area (Å²) in [7, 11) is 0. The van der Waals surface area contributed by atoms with E-state index < -0.39 is 17.5 Å². The molecule has 0 spiro atoms. The number of anilines is 1. The Bertz CT molecular complexity index is 688. The SMILES string of the molecule is CC(C)(C)c1nc(-c2cc(F)c(F)c(F)c2)nc(N)c1Br. The summed E-state index contributed by atoms with van der Waals surface area (Å²) in [6, 6.07) is 1.68. The van der Waals surface area contributed by atoms with Crippen LogP contribution in [0.2, 0.25) is 0 Å². The molecule has 2 N–H and O–H groups in total. The second kappa shape index (κ2) is 5.29. The van der Waals surface area contributed by atoms with Crippen LogP contribution in [-0.4, -0.2) is 9.97 Å². The van der Waals surface area contributed by atoms with Crippen molar-refractivity contribution in [3.05, 3.63) is 39.8 Å². The van der Waals surface area contributed by atoms with E-state index in [-0.39, 0.29) is 22.6 Å². The fraction of sp³-hybridized carbons (Fsp3) is 0.286. The molecule has 3 nitrogen and oxygen atoms in total. The number of nitrogens with zero attached hydrogens (tertiary/aromatic N) is 2. The third kappa shape index (κ3) is 3.02. The predicted molar refractivity (Wildman–Crippen MR) is 78.2 cm³/mol. The van der Waals surface area contributed by atoms with Gasteiger partial charge >= 0.3 is 0 Å². The molecule has 0 unspecified atom stereocenters. The number of nitrogen functional groups attached to an aromatic ring is 1. The largest absolute Gasteiger partial charge is 0.383 e. The molecule has 0 bridgehead atoms. The van der Waals surface area contributed by atoms with Crippen LogP contribution in [0.3, 0.4) is 0 Å². The highest BCUT2D eigenvalue weighted by Gasteiger charge is 2.23. The zero-order valence-corrected chi connectivity index (χ0v) is 13.2. The molecular formula is C14H13BrF3N3. The summed E-state index contributed by atoms with van der Waals surface area (Å²) < 4.78 is 40.2. The normalized spacial score (nSPS) is 11.8. The number of hydrogen-bond acceptors (Lipinski definition) is 3. The van der Waals surface area contributed by atoms with Crippen LogP contribution < -0.4 is 5.73 Å². The average Bonchev–Trinajstić information content (AvgIpc) is 2.37. The molecule has 112 valence electrons. The van der Waals surface area contributed by atoms with Crippen molar-refractivity contribution in [2.75, 3.05) is 5.73 Å². The van der Waals surface area contributed by atoms with Crippen molar-refractivity contribution in [3.8, 4) is 11.4 Å². The van der Waals surface area contributed by atoms with Crippen LogP contribution >= 0.6 is 15.9 Å². The molecule has 0 fully saturated rings. The number of benzene rings is 1. The molecule has 0 saturated heterocycles. The Morgan fingerprint density at radius 3 is 2.05 bits per heavy atom. The highest BCUT2D eigenvalue weighted by molar-refractivity contribution is 9.10. The van der Waals surface area contributed by atoms with Gasteiger partial charge in [0.15, 0.2) is 23.3 Å². The number of halogens is 4. The quantitative estimate of drug-likeness (QED) is 0.776. The van der Waals surface area contributed by atoms with Gasteiger partial charge in [-0.3, -0.25) is 0 Å². The van der Waals surface area contributed by atoms with E-state index in [0.717, 1.165) is 12.1 Å². The molecular weight excluding hydrogens is 347 g/mol. The highest BCUT2D eigenvalue weighted by atomic mass is 79.9. The van der Waals surface area contributed by atoms with Gasteiger partial charge < -0.3 is 5.73 Å². The monoisotopic (exact) mass is 359 g/mol. The van der Waals surface area contributed by atoms with E-state index in [1.54, 1.807) is 0 Å². The molecule has 21 heavy (non-hydrogen) atoms. The van der Waals surface area contributed by atoms with Gasteiger partial charge in [-0.1, -0.05) is 20.8 Å². The fourth-order valence-electron chi connectivity index (χ4n) is 1.78. The number of rotatable bonds is 1. The summed E-state index contributed by atoms with van der Waals surface area (Å²) in [5.74, 6) is -3.94. The van der Waals surface area contributed by atoms with Crippen LogP contribution in [0.4, 0.5) is 19.0 Å². The van der Waals surface area contributed by atoms with Crippen LogP contribution in [-0.2, 0) is 5.41 Å². The molecule has 0 radical (unpaired) electrons. The van der Waals surface area contributed by atoms with Crippen molar-refractivity contribution in [1.82, 2.24) is 9.97 Å². The van der Waals surface area contributed by atoms with E-state index in [0.29, 0.717) is 10.2 Å². The van der Waals surface area contributed by atoms with Gasteiger partial charge in [0.1, 0.15) is 5.82 Å². The summed E-state index contributed by atoms with van der Waals surface area (Å²) in [5, 5.41) is 0.